The van der Waals surface area contributed by atoms with Gasteiger partial charge in [-0.3, -0.25) is 4.98 Å². The van der Waals surface area contributed by atoms with Gasteiger partial charge < -0.3 is 4.74 Å². The molecule has 1 saturated carbocycles. The first-order chi connectivity index (χ1) is 6.36. The van der Waals surface area contributed by atoms with Crippen molar-refractivity contribution in [2.45, 2.75) is 38.7 Å². The number of hydrogen-bond acceptors (Lipinski definition) is 2. The van der Waals surface area contributed by atoms with Gasteiger partial charge in [0.15, 0.2) is 0 Å². The molecule has 1 aliphatic rings. The zero-order chi connectivity index (χ0) is 9.10. The van der Waals surface area contributed by atoms with Crippen molar-refractivity contribution in [2.75, 3.05) is 0 Å². The van der Waals surface area contributed by atoms with Gasteiger partial charge in [-0.05, 0) is 44.2 Å². The van der Waals surface area contributed by atoms with E-state index in [9.17, 15) is 0 Å². The Morgan fingerprint density at radius 1 is 1.38 bits per heavy atom. The lowest BCUT2D eigenvalue weighted by Gasteiger charge is -2.13. The highest BCUT2D eigenvalue weighted by molar-refractivity contribution is 5.28. The predicted molar refractivity (Wildman–Crippen MR) is 51.9 cm³/mol. The highest BCUT2D eigenvalue weighted by Crippen LogP contribution is 2.25. The zero-order valence-electron chi connectivity index (χ0n) is 7.99. The second-order valence-electron chi connectivity index (χ2n) is 3.67. The van der Waals surface area contributed by atoms with Crippen molar-refractivity contribution in [3.8, 4) is 5.75 Å². The number of aromatic nitrogens is 1. The highest BCUT2D eigenvalue weighted by Gasteiger charge is 2.16. The minimum absolute atomic E-state index is 0.433. The van der Waals surface area contributed by atoms with E-state index in [1.165, 1.54) is 31.2 Å². The van der Waals surface area contributed by atoms with E-state index in [1.807, 2.05) is 12.3 Å². The quantitative estimate of drug-likeness (QED) is 0.693. The monoisotopic (exact) mass is 177 g/mol. The van der Waals surface area contributed by atoms with Crippen LogP contribution in [-0.4, -0.2) is 11.1 Å². The average molecular weight is 177 g/mol. The van der Waals surface area contributed by atoms with Crippen LogP contribution in [0, 0.1) is 6.92 Å². The zero-order valence-corrected chi connectivity index (χ0v) is 7.99. The van der Waals surface area contributed by atoms with Crippen LogP contribution < -0.4 is 4.74 Å². The van der Waals surface area contributed by atoms with Crippen LogP contribution >= 0.6 is 0 Å². The number of rotatable bonds is 2. The van der Waals surface area contributed by atoms with Gasteiger partial charge in [0.05, 0.1) is 12.3 Å². The molecule has 1 aromatic rings. The molecule has 70 valence electrons. The van der Waals surface area contributed by atoms with Gasteiger partial charge in [0.1, 0.15) is 5.75 Å². The molecule has 1 aliphatic carbocycles. The number of pyridine rings is 1. The molecule has 2 heteroatoms. The largest absolute Gasteiger partial charge is 0.489 e. The van der Waals surface area contributed by atoms with Gasteiger partial charge in [-0.2, -0.15) is 0 Å². The fraction of sp³-hybridized carbons (Fsp3) is 0.545. The molecule has 2 nitrogen and oxygen atoms in total. The Labute approximate surface area is 78.9 Å². The third-order valence-corrected chi connectivity index (χ3v) is 2.59. The minimum Gasteiger partial charge on any atom is -0.489 e. The lowest BCUT2D eigenvalue weighted by molar-refractivity contribution is 0.208. The normalized spacial score (nSPS) is 17.6. The molecule has 0 spiro atoms. The molecule has 0 radical (unpaired) electrons. The first-order valence-corrected chi connectivity index (χ1v) is 4.93. The van der Waals surface area contributed by atoms with E-state index in [4.69, 9.17) is 4.74 Å². The molecule has 0 atom stereocenters. The molecule has 1 aromatic heterocycles. The Bertz CT molecular complexity index is 279. The van der Waals surface area contributed by atoms with Crippen LogP contribution in [0.2, 0.25) is 0 Å². The first-order valence-electron chi connectivity index (χ1n) is 4.93. The minimum atomic E-state index is 0.433. The van der Waals surface area contributed by atoms with Crippen molar-refractivity contribution in [3.05, 3.63) is 24.0 Å². The standard InChI is InChI=1S/C11H15NO/c1-9-6-7-12-8-11(9)13-10-4-2-3-5-10/h6-8,10H,2-5H2,1H3. The molecule has 2 rings (SSSR count). The summed E-state index contributed by atoms with van der Waals surface area (Å²) in [6.45, 7) is 2.06. The SMILES string of the molecule is Cc1ccncc1OC1CCCC1. The summed E-state index contributed by atoms with van der Waals surface area (Å²) >= 11 is 0. The van der Waals surface area contributed by atoms with Crippen LogP contribution in [0.1, 0.15) is 31.2 Å². The maximum atomic E-state index is 5.84. The number of nitrogens with zero attached hydrogens (tertiary/aromatic N) is 1. The summed E-state index contributed by atoms with van der Waals surface area (Å²) in [7, 11) is 0. The van der Waals surface area contributed by atoms with Crippen molar-refractivity contribution in [1.29, 1.82) is 0 Å². The Morgan fingerprint density at radius 3 is 2.85 bits per heavy atom. The Morgan fingerprint density at radius 2 is 2.15 bits per heavy atom. The predicted octanol–water partition coefficient (Wildman–Crippen LogP) is 2.71. The lowest BCUT2D eigenvalue weighted by Crippen LogP contribution is -2.11. The Hall–Kier alpha value is -1.05. The molecule has 13 heavy (non-hydrogen) atoms. The van der Waals surface area contributed by atoms with Crippen LogP contribution in [0.4, 0.5) is 0 Å². The second kappa shape index (κ2) is 3.77. The van der Waals surface area contributed by atoms with Crippen molar-refractivity contribution in [2.24, 2.45) is 0 Å². The summed E-state index contributed by atoms with van der Waals surface area (Å²) in [6, 6.07) is 1.99. The maximum Gasteiger partial charge on any atom is 0.140 e. The van der Waals surface area contributed by atoms with E-state index < -0.39 is 0 Å². The van der Waals surface area contributed by atoms with Crippen molar-refractivity contribution in [1.82, 2.24) is 4.98 Å². The summed E-state index contributed by atoms with van der Waals surface area (Å²) < 4.78 is 5.84. The van der Waals surface area contributed by atoms with Crippen molar-refractivity contribution < 1.29 is 4.74 Å². The number of hydrogen-bond donors (Lipinski definition) is 0. The van der Waals surface area contributed by atoms with E-state index in [-0.39, 0.29) is 0 Å². The van der Waals surface area contributed by atoms with Gasteiger partial charge in [-0.25, -0.2) is 0 Å². The van der Waals surface area contributed by atoms with Gasteiger partial charge in [-0.15, -0.1) is 0 Å². The third-order valence-electron chi connectivity index (χ3n) is 2.59. The van der Waals surface area contributed by atoms with Gasteiger partial charge in [0.2, 0.25) is 0 Å². The molecular formula is C11H15NO. The molecule has 0 aromatic carbocycles. The van der Waals surface area contributed by atoms with E-state index >= 15 is 0 Å². The van der Waals surface area contributed by atoms with Gasteiger partial charge in [-0.1, -0.05) is 0 Å². The molecule has 0 N–H and O–H groups in total. The van der Waals surface area contributed by atoms with Crippen molar-refractivity contribution in [3.63, 3.8) is 0 Å². The van der Waals surface area contributed by atoms with E-state index in [2.05, 4.69) is 11.9 Å². The Balaban J connectivity index is 2.04. The van der Waals surface area contributed by atoms with Crippen LogP contribution in [0.25, 0.3) is 0 Å². The third kappa shape index (κ3) is 2.00. The summed E-state index contributed by atoms with van der Waals surface area (Å²) in [6.07, 6.45) is 9.07. The fourth-order valence-electron chi connectivity index (χ4n) is 1.76. The second-order valence-corrected chi connectivity index (χ2v) is 3.67. The van der Waals surface area contributed by atoms with E-state index in [0.29, 0.717) is 6.10 Å². The molecule has 1 fully saturated rings. The van der Waals surface area contributed by atoms with Crippen LogP contribution in [-0.2, 0) is 0 Å². The molecule has 1 heterocycles. The van der Waals surface area contributed by atoms with Gasteiger partial charge in [0, 0.05) is 6.20 Å². The van der Waals surface area contributed by atoms with Gasteiger partial charge in [0.25, 0.3) is 0 Å². The highest BCUT2D eigenvalue weighted by atomic mass is 16.5. The van der Waals surface area contributed by atoms with Gasteiger partial charge >= 0.3 is 0 Å². The van der Waals surface area contributed by atoms with Crippen molar-refractivity contribution >= 4 is 0 Å². The molecule has 0 unspecified atom stereocenters. The molecular weight excluding hydrogens is 162 g/mol. The van der Waals surface area contributed by atoms with Crippen LogP contribution in [0.15, 0.2) is 18.5 Å². The summed E-state index contributed by atoms with van der Waals surface area (Å²) in [5, 5.41) is 0. The smallest absolute Gasteiger partial charge is 0.140 e. The summed E-state index contributed by atoms with van der Waals surface area (Å²) in [4.78, 5) is 4.06. The topological polar surface area (TPSA) is 22.1 Å². The molecule has 0 aliphatic heterocycles. The van der Waals surface area contributed by atoms with Crippen LogP contribution in [0.5, 0.6) is 5.75 Å². The number of ether oxygens (including phenoxy) is 1. The molecule has 0 bridgehead atoms. The van der Waals surface area contributed by atoms with E-state index in [0.717, 1.165) is 5.75 Å². The fourth-order valence-corrected chi connectivity index (χ4v) is 1.76. The number of aryl methyl sites for hydroxylation is 1. The van der Waals surface area contributed by atoms with E-state index in [1.54, 1.807) is 6.20 Å². The first kappa shape index (κ1) is 8.54. The molecule has 0 saturated heterocycles. The average Bonchev–Trinajstić information content (AvgIpc) is 2.61. The summed E-state index contributed by atoms with van der Waals surface area (Å²) in [5.74, 6) is 0.953. The summed E-state index contributed by atoms with van der Waals surface area (Å²) in [5.41, 5.74) is 1.18. The maximum absolute atomic E-state index is 5.84. The van der Waals surface area contributed by atoms with Crippen LogP contribution in [0.3, 0.4) is 0 Å². The molecule has 0 amide bonds. The Kier molecular flexibility index (Phi) is 2.48. The lowest BCUT2D eigenvalue weighted by atomic mass is 10.2.